The zero-order valence-electron chi connectivity index (χ0n) is 12.0. The highest BCUT2D eigenvalue weighted by molar-refractivity contribution is 5.78. The number of H-pyrrole nitrogens is 1. The summed E-state index contributed by atoms with van der Waals surface area (Å²) >= 11 is 0. The second kappa shape index (κ2) is 3.63. The molecular weight excluding hydrogens is 246 g/mol. The monoisotopic (exact) mass is 267 g/mol. The standard InChI is InChI=1S/C17H21N3/c1-10-2-14(6-15-16(10)19-20-18-15)17-7-11-3-12(8-17)5-13(4-11)9-17/h2,6,11-13H,3-5,7-9H2,1H3,(H,18,19,20). The number of hydrogen-bond donors (Lipinski definition) is 1. The summed E-state index contributed by atoms with van der Waals surface area (Å²) in [4.78, 5) is 0. The van der Waals surface area contributed by atoms with E-state index in [0.29, 0.717) is 5.41 Å². The maximum Gasteiger partial charge on any atom is 0.115 e. The molecule has 0 aliphatic heterocycles. The van der Waals surface area contributed by atoms with E-state index in [-0.39, 0.29) is 0 Å². The Morgan fingerprint density at radius 2 is 1.65 bits per heavy atom. The molecule has 1 aromatic carbocycles. The zero-order chi connectivity index (χ0) is 13.3. The molecule has 6 rings (SSSR count). The van der Waals surface area contributed by atoms with Gasteiger partial charge in [0.25, 0.3) is 0 Å². The molecule has 20 heavy (non-hydrogen) atoms. The molecule has 4 aliphatic rings. The third kappa shape index (κ3) is 1.41. The summed E-state index contributed by atoms with van der Waals surface area (Å²) in [6, 6.07) is 4.72. The van der Waals surface area contributed by atoms with E-state index in [1.54, 1.807) is 5.56 Å². The highest BCUT2D eigenvalue weighted by Crippen LogP contribution is 2.60. The minimum atomic E-state index is 0.465. The molecule has 0 amide bonds. The van der Waals surface area contributed by atoms with Crippen molar-refractivity contribution in [2.45, 2.75) is 50.9 Å². The number of hydrogen-bond acceptors (Lipinski definition) is 2. The van der Waals surface area contributed by atoms with Crippen molar-refractivity contribution < 1.29 is 0 Å². The summed E-state index contributed by atoms with van der Waals surface area (Å²) in [5, 5.41) is 11.4. The van der Waals surface area contributed by atoms with E-state index in [0.717, 1.165) is 28.8 Å². The van der Waals surface area contributed by atoms with Gasteiger partial charge in [-0.05, 0) is 85.8 Å². The fourth-order valence-corrected chi connectivity index (χ4v) is 5.89. The lowest BCUT2D eigenvalue weighted by Crippen LogP contribution is -2.48. The van der Waals surface area contributed by atoms with Gasteiger partial charge in [0.15, 0.2) is 0 Å². The van der Waals surface area contributed by atoms with Gasteiger partial charge in [0.1, 0.15) is 11.0 Å². The van der Waals surface area contributed by atoms with E-state index in [9.17, 15) is 0 Å². The van der Waals surface area contributed by atoms with E-state index in [2.05, 4.69) is 34.5 Å². The Bertz CT molecular complexity index is 649. The van der Waals surface area contributed by atoms with E-state index in [4.69, 9.17) is 0 Å². The number of rotatable bonds is 1. The third-order valence-electron chi connectivity index (χ3n) is 6.26. The van der Waals surface area contributed by atoms with E-state index >= 15 is 0 Å². The lowest BCUT2D eigenvalue weighted by Gasteiger charge is -2.57. The Morgan fingerprint density at radius 3 is 2.30 bits per heavy atom. The molecule has 0 saturated heterocycles. The summed E-state index contributed by atoms with van der Waals surface area (Å²) in [6.45, 7) is 2.18. The average molecular weight is 267 g/mol. The van der Waals surface area contributed by atoms with Crippen molar-refractivity contribution in [2.75, 3.05) is 0 Å². The van der Waals surface area contributed by atoms with Crippen LogP contribution in [-0.4, -0.2) is 15.4 Å². The lowest BCUT2D eigenvalue weighted by atomic mass is 9.48. The maximum atomic E-state index is 4.33. The second-order valence-electron chi connectivity index (χ2n) is 7.68. The molecule has 1 aromatic heterocycles. The van der Waals surface area contributed by atoms with Crippen LogP contribution in [0.15, 0.2) is 12.1 Å². The highest BCUT2D eigenvalue weighted by Gasteiger charge is 2.51. The first kappa shape index (κ1) is 11.3. The number of nitrogens with one attached hydrogen (secondary N) is 1. The Balaban J connectivity index is 1.67. The molecule has 0 unspecified atom stereocenters. The zero-order valence-corrected chi connectivity index (χ0v) is 12.0. The smallest absolute Gasteiger partial charge is 0.115 e. The number of fused-ring (bicyclic) bond motifs is 1. The SMILES string of the molecule is Cc1cc(C23CC4CC(CC(C4)C2)C3)cc2n[nH]nc12. The molecule has 0 radical (unpaired) electrons. The predicted molar refractivity (Wildman–Crippen MR) is 78.5 cm³/mol. The number of nitrogens with zero attached hydrogens (tertiary/aromatic N) is 2. The number of aromatic nitrogens is 3. The van der Waals surface area contributed by atoms with Crippen molar-refractivity contribution >= 4 is 11.0 Å². The number of aromatic amines is 1. The molecule has 3 heteroatoms. The van der Waals surface area contributed by atoms with Gasteiger partial charge in [-0.1, -0.05) is 6.07 Å². The number of benzene rings is 1. The molecule has 4 bridgehead atoms. The second-order valence-corrected chi connectivity index (χ2v) is 7.68. The van der Waals surface area contributed by atoms with Crippen LogP contribution < -0.4 is 0 Å². The van der Waals surface area contributed by atoms with Crippen LogP contribution >= 0.6 is 0 Å². The molecule has 0 atom stereocenters. The molecule has 1 heterocycles. The van der Waals surface area contributed by atoms with E-state index < -0.39 is 0 Å². The Morgan fingerprint density at radius 1 is 1.00 bits per heavy atom. The average Bonchev–Trinajstić information content (AvgIpc) is 2.86. The lowest BCUT2D eigenvalue weighted by molar-refractivity contribution is -0.00515. The molecule has 2 aromatic rings. The summed E-state index contributed by atoms with van der Waals surface area (Å²) in [5.74, 6) is 2.98. The van der Waals surface area contributed by atoms with Gasteiger partial charge in [0, 0.05) is 0 Å². The molecule has 4 aliphatic carbocycles. The first-order chi connectivity index (χ1) is 9.72. The fourth-order valence-electron chi connectivity index (χ4n) is 5.89. The van der Waals surface area contributed by atoms with E-state index in [1.807, 2.05) is 0 Å². The van der Waals surface area contributed by atoms with Crippen LogP contribution in [0.4, 0.5) is 0 Å². The van der Waals surface area contributed by atoms with Gasteiger partial charge in [-0.25, -0.2) is 0 Å². The molecule has 0 spiro atoms. The molecule has 3 nitrogen and oxygen atoms in total. The highest BCUT2D eigenvalue weighted by atomic mass is 15.3. The minimum Gasteiger partial charge on any atom is -0.197 e. The first-order valence-electron chi connectivity index (χ1n) is 8.03. The van der Waals surface area contributed by atoms with Gasteiger partial charge in [-0.2, -0.15) is 15.4 Å². The predicted octanol–water partition coefficient (Wildman–Crippen LogP) is 3.73. The van der Waals surface area contributed by atoms with Gasteiger partial charge in [0.2, 0.25) is 0 Å². The molecule has 4 fully saturated rings. The van der Waals surface area contributed by atoms with Crippen LogP contribution in [0.25, 0.3) is 11.0 Å². The summed E-state index contributed by atoms with van der Waals surface area (Å²) < 4.78 is 0. The molecule has 104 valence electrons. The van der Waals surface area contributed by atoms with Crippen LogP contribution in [0.5, 0.6) is 0 Å². The van der Waals surface area contributed by atoms with Crippen molar-refractivity contribution in [3.8, 4) is 0 Å². The van der Waals surface area contributed by atoms with E-state index in [1.165, 1.54) is 44.1 Å². The third-order valence-corrected chi connectivity index (χ3v) is 6.26. The van der Waals surface area contributed by atoms with Crippen LogP contribution in [0.1, 0.15) is 49.7 Å². The molecular formula is C17H21N3. The quantitative estimate of drug-likeness (QED) is 0.855. The largest absolute Gasteiger partial charge is 0.197 e. The topological polar surface area (TPSA) is 41.6 Å². The van der Waals surface area contributed by atoms with Gasteiger partial charge in [0.05, 0.1) is 0 Å². The molecule has 4 saturated carbocycles. The van der Waals surface area contributed by atoms with Crippen molar-refractivity contribution in [1.29, 1.82) is 0 Å². The van der Waals surface area contributed by atoms with Crippen molar-refractivity contribution in [2.24, 2.45) is 17.8 Å². The number of aryl methyl sites for hydroxylation is 1. The van der Waals surface area contributed by atoms with Gasteiger partial charge in [-0.15, -0.1) is 0 Å². The van der Waals surface area contributed by atoms with Crippen LogP contribution in [0.3, 0.4) is 0 Å². The van der Waals surface area contributed by atoms with Crippen LogP contribution in [0.2, 0.25) is 0 Å². The summed E-state index contributed by atoms with van der Waals surface area (Å²) in [5.41, 5.74) is 5.39. The van der Waals surface area contributed by atoms with Crippen molar-refractivity contribution in [3.63, 3.8) is 0 Å². The van der Waals surface area contributed by atoms with Crippen molar-refractivity contribution in [1.82, 2.24) is 15.4 Å². The Hall–Kier alpha value is -1.38. The summed E-state index contributed by atoms with van der Waals surface area (Å²) in [7, 11) is 0. The fraction of sp³-hybridized carbons (Fsp3) is 0.647. The minimum absolute atomic E-state index is 0.465. The summed E-state index contributed by atoms with van der Waals surface area (Å²) in [6.07, 6.45) is 8.77. The van der Waals surface area contributed by atoms with Gasteiger partial charge in [-0.3, -0.25) is 0 Å². The normalized spacial score (nSPS) is 38.8. The van der Waals surface area contributed by atoms with Gasteiger partial charge < -0.3 is 0 Å². The molecule has 1 N–H and O–H groups in total. The first-order valence-corrected chi connectivity index (χ1v) is 8.03. The Kier molecular flexibility index (Phi) is 2.05. The maximum absolute atomic E-state index is 4.33. The van der Waals surface area contributed by atoms with Crippen LogP contribution in [0, 0.1) is 24.7 Å². The van der Waals surface area contributed by atoms with Crippen molar-refractivity contribution in [3.05, 3.63) is 23.3 Å². The Labute approximate surface area is 119 Å². The van der Waals surface area contributed by atoms with Gasteiger partial charge >= 0.3 is 0 Å². The van der Waals surface area contributed by atoms with Crippen LogP contribution in [-0.2, 0) is 5.41 Å².